The highest BCUT2D eigenvalue weighted by Crippen LogP contribution is 2.32. The Morgan fingerprint density at radius 1 is 1.29 bits per heavy atom. The number of hydrogen-bond donors (Lipinski definition) is 4. The number of aromatic amines is 2. The summed E-state index contributed by atoms with van der Waals surface area (Å²) in [7, 11) is 0. The van der Waals surface area contributed by atoms with Crippen LogP contribution in [-0.2, 0) is 4.79 Å². The minimum Gasteiger partial charge on any atom is -0.327 e. The number of nitrogens with two attached hydrogens (primary N) is 1. The zero-order chi connectivity index (χ0) is 14.8. The summed E-state index contributed by atoms with van der Waals surface area (Å²) in [6.45, 7) is 0. The minimum atomic E-state index is -0.170. The lowest BCUT2D eigenvalue weighted by Gasteiger charge is -2.10. The van der Waals surface area contributed by atoms with Gasteiger partial charge < -0.3 is 11.1 Å². The van der Waals surface area contributed by atoms with E-state index in [0.29, 0.717) is 18.0 Å². The Labute approximate surface area is 121 Å². The van der Waals surface area contributed by atoms with Gasteiger partial charge in [-0.15, -0.1) is 0 Å². The van der Waals surface area contributed by atoms with E-state index in [1.807, 2.05) is 12.1 Å². The molecule has 1 saturated carbocycles. The molecule has 0 saturated heterocycles. The molecular weight excluding hydrogens is 268 g/mol. The van der Waals surface area contributed by atoms with E-state index >= 15 is 0 Å². The average molecular weight is 286 g/mol. The van der Waals surface area contributed by atoms with Gasteiger partial charge in [-0.25, -0.2) is 0 Å². The largest absolute Gasteiger partial charge is 0.327 e. The van der Waals surface area contributed by atoms with E-state index in [9.17, 15) is 9.59 Å². The van der Waals surface area contributed by atoms with Crippen LogP contribution in [-0.4, -0.2) is 22.1 Å². The molecule has 1 heterocycles. The molecule has 1 fully saturated rings. The number of carbonyl (C=O) groups excluding carboxylic acids is 1. The quantitative estimate of drug-likeness (QED) is 0.668. The number of hydrogen-bond acceptors (Lipinski definition) is 3. The molecule has 0 spiro atoms. The van der Waals surface area contributed by atoms with Crippen LogP contribution in [0.15, 0.2) is 35.1 Å². The number of rotatable bonds is 5. The van der Waals surface area contributed by atoms with Crippen LogP contribution in [0.3, 0.4) is 0 Å². The van der Waals surface area contributed by atoms with E-state index in [2.05, 4.69) is 15.5 Å². The van der Waals surface area contributed by atoms with Crippen LogP contribution in [0.5, 0.6) is 0 Å². The molecule has 0 bridgehead atoms. The number of anilines is 1. The molecule has 21 heavy (non-hydrogen) atoms. The van der Waals surface area contributed by atoms with Gasteiger partial charge in [0.2, 0.25) is 5.91 Å². The van der Waals surface area contributed by atoms with Crippen LogP contribution in [0.4, 0.5) is 5.69 Å². The van der Waals surface area contributed by atoms with Gasteiger partial charge in [-0.1, -0.05) is 12.1 Å². The smallest absolute Gasteiger partial charge is 0.264 e. The highest BCUT2D eigenvalue weighted by molar-refractivity contribution is 5.91. The summed E-state index contributed by atoms with van der Waals surface area (Å²) in [6.07, 6.45) is 2.63. The summed E-state index contributed by atoms with van der Waals surface area (Å²) in [5.74, 6) is 0.459. The average Bonchev–Trinajstić information content (AvgIpc) is 3.22. The molecule has 0 radical (unpaired) electrons. The lowest BCUT2D eigenvalue weighted by Crippen LogP contribution is -2.28. The maximum atomic E-state index is 11.9. The van der Waals surface area contributed by atoms with Crippen molar-refractivity contribution in [3.05, 3.63) is 40.7 Å². The summed E-state index contributed by atoms with van der Waals surface area (Å²) < 4.78 is 0. The standard InChI is InChI=1S/C15H18N4O2/c16-12(9-1-2-9)7-14(20)17-11-5-3-10(4-6-11)13-8-15(21)19-18-13/h3-6,8-9,12H,1-2,7,16H2,(H,17,20)(H2,18,19,21). The van der Waals surface area contributed by atoms with Crippen molar-refractivity contribution in [2.45, 2.75) is 25.3 Å². The van der Waals surface area contributed by atoms with Crippen molar-refractivity contribution in [1.82, 2.24) is 10.2 Å². The van der Waals surface area contributed by atoms with E-state index in [0.717, 1.165) is 24.1 Å². The third-order valence-electron chi connectivity index (χ3n) is 3.72. The van der Waals surface area contributed by atoms with Crippen molar-refractivity contribution in [2.75, 3.05) is 5.32 Å². The molecule has 6 nitrogen and oxygen atoms in total. The Bertz CT molecular complexity index is 682. The van der Waals surface area contributed by atoms with Gasteiger partial charge in [-0.05, 0) is 36.5 Å². The van der Waals surface area contributed by atoms with Crippen molar-refractivity contribution in [3.63, 3.8) is 0 Å². The Hall–Kier alpha value is -2.34. The van der Waals surface area contributed by atoms with Gasteiger partial charge in [0.1, 0.15) is 0 Å². The lowest BCUT2D eigenvalue weighted by molar-refractivity contribution is -0.116. The Morgan fingerprint density at radius 2 is 2.00 bits per heavy atom. The molecule has 5 N–H and O–H groups in total. The van der Waals surface area contributed by atoms with E-state index < -0.39 is 0 Å². The fraction of sp³-hybridized carbons (Fsp3) is 0.333. The van der Waals surface area contributed by atoms with Crippen molar-refractivity contribution < 1.29 is 4.79 Å². The molecule has 1 aliphatic carbocycles. The third-order valence-corrected chi connectivity index (χ3v) is 3.72. The predicted molar refractivity (Wildman–Crippen MR) is 80.8 cm³/mol. The predicted octanol–water partition coefficient (Wildman–Crippen LogP) is 1.44. The molecule has 3 rings (SSSR count). The molecule has 110 valence electrons. The first kappa shape index (κ1) is 13.6. The fourth-order valence-corrected chi connectivity index (χ4v) is 2.34. The van der Waals surface area contributed by atoms with Crippen LogP contribution in [0.1, 0.15) is 19.3 Å². The summed E-state index contributed by atoms with van der Waals surface area (Å²) in [6, 6.07) is 8.75. The fourth-order valence-electron chi connectivity index (χ4n) is 2.34. The van der Waals surface area contributed by atoms with Gasteiger partial charge in [0.25, 0.3) is 5.56 Å². The molecule has 1 aromatic carbocycles. The second-order valence-electron chi connectivity index (χ2n) is 5.50. The first-order chi connectivity index (χ1) is 10.1. The Kier molecular flexibility index (Phi) is 3.62. The van der Waals surface area contributed by atoms with Crippen molar-refractivity contribution in [2.24, 2.45) is 11.7 Å². The zero-order valence-electron chi connectivity index (χ0n) is 11.6. The van der Waals surface area contributed by atoms with Gasteiger partial charge in [-0.2, -0.15) is 0 Å². The van der Waals surface area contributed by atoms with E-state index in [-0.39, 0.29) is 17.5 Å². The van der Waals surface area contributed by atoms with E-state index in [4.69, 9.17) is 5.73 Å². The molecule has 1 unspecified atom stereocenters. The molecule has 6 heteroatoms. The molecule has 1 amide bonds. The van der Waals surface area contributed by atoms with Gasteiger partial charge in [0, 0.05) is 24.2 Å². The molecule has 1 aliphatic rings. The summed E-state index contributed by atoms with van der Waals surface area (Å²) in [4.78, 5) is 23.0. The second kappa shape index (κ2) is 5.57. The normalized spacial score (nSPS) is 15.7. The summed E-state index contributed by atoms with van der Waals surface area (Å²) in [5.41, 5.74) is 8.09. The third kappa shape index (κ3) is 3.41. The Morgan fingerprint density at radius 3 is 2.57 bits per heavy atom. The van der Waals surface area contributed by atoms with Crippen LogP contribution in [0.2, 0.25) is 0 Å². The Balaban J connectivity index is 1.61. The minimum absolute atomic E-state index is 0.0331. The van der Waals surface area contributed by atoms with E-state index in [1.165, 1.54) is 6.07 Å². The summed E-state index contributed by atoms with van der Waals surface area (Å²) >= 11 is 0. The molecular formula is C15H18N4O2. The summed E-state index contributed by atoms with van der Waals surface area (Å²) in [5, 5.41) is 8.11. The zero-order valence-corrected chi connectivity index (χ0v) is 11.6. The monoisotopic (exact) mass is 286 g/mol. The van der Waals surface area contributed by atoms with Gasteiger partial charge in [-0.3, -0.25) is 19.8 Å². The number of carbonyl (C=O) groups is 1. The number of benzene rings is 1. The first-order valence-corrected chi connectivity index (χ1v) is 7.05. The van der Waals surface area contributed by atoms with Crippen LogP contribution < -0.4 is 16.6 Å². The number of H-pyrrole nitrogens is 2. The van der Waals surface area contributed by atoms with Crippen molar-refractivity contribution in [1.29, 1.82) is 0 Å². The highest BCUT2D eigenvalue weighted by Gasteiger charge is 2.29. The topological polar surface area (TPSA) is 104 Å². The number of amides is 1. The number of aromatic nitrogens is 2. The van der Waals surface area contributed by atoms with Gasteiger partial charge >= 0.3 is 0 Å². The van der Waals surface area contributed by atoms with Crippen molar-refractivity contribution >= 4 is 11.6 Å². The van der Waals surface area contributed by atoms with Crippen molar-refractivity contribution in [3.8, 4) is 11.3 Å². The second-order valence-corrected chi connectivity index (χ2v) is 5.50. The maximum absolute atomic E-state index is 11.9. The molecule has 1 aromatic heterocycles. The number of nitrogens with one attached hydrogen (secondary N) is 3. The van der Waals surface area contributed by atoms with Crippen LogP contribution in [0, 0.1) is 5.92 Å². The molecule has 0 aliphatic heterocycles. The van der Waals surface area contributed by atoms with Gasteiger partial charge in [0.05, 0.1) is 5.69 Å². The lowest BCUT2D eigenvalue weighted by atomic mass is 10.1. The van der Waals surface area contributed by atoms with Gasteiger partial charge in [0.15, 0.2) is 0 Å². The highest BCUT2D eigenvalue weighted by atomic mass is 16.1. The van der Waals surface area contributed by atoms with E-state index in [1.54, 1.807) is 12.1 Å². The SMILES string of the molecule is NC(CC(=O)Nc1ccc(-c2cc(=O)[nH][nH]2)cc1)C1CC1. The van der Waals surface area contributed by atoms with Crippen LogP contribution in [0.25, 0.3) is 11.3 Å². The first-order valence-electron chi connectivity index (χ1n) is 7.05. The molecule has 1 atom stereocenters. The van der Waals surface area contributed by atoms with Crippen LogP contribution >= 0.6 is 0 Å². The maximum Gasteiger partial charge on any atom is 0.264 e. The molecule has 2 aromatic rings.